The third kappa shape index (κ3) is 3.59. The maximum Gasteiger partial charge on any atom is 0.339 e. The summed E-state index contributed by atoms with van der Waals surface area (Å²) in [5, 5.41) is 0. The van der Waals surface area contributed by atoms with Gasteiger partial charge in [-0.05, 0) is 58.2 Å². The number of hydrogen-bond acceptors (Lipinski definition) is 4. The van der Waals surface area contributed by atoms with E-state index in [1.165, 1.54) is 39.5 Å². The number of hydrogen-bond donors (Lipinski definition) is 1. The van der Waals surface area contributed by atoms with Crippen molar-refractivity contribution in [3.05, 3.63) is 22.5 Å². The van der Waals surface area contributed by atoms with Crippen LogP contribution in [0.25, 0.3) is 0 Å². The fourth-order valence-electron chi connectivity index (χ4n) is 4.25. The van der Waals surface area contributed by atoms with Gasteiger partial charge < -0.3 is 19.5 Å². The van der Waals surface area contributed by atoms with Crippen molar-refractivity contribution in [1.29, 1.82) is 0 Å². The largest absolute Gasteiger partial charge is 0.465 e. The van der Waals surface area contributed by atoms with Crippen LogP contribution in [-0.2, 0) is 4.74 Å². The number of likely N-dealkylation sites (tertiary alicyclic amines) is 2. The average molecular weight is 347 g/mol. The fraction of sp³-hybridized carbons (Fsp3) is 0.684. The zero-order valence-electron chi connectivity index (χ0n) is 15.6. The molecule has 1 amide bonds. The highest BCUT2D eigenvalue weighted by atomic mass is 16.5. The minimum Gasteiger partial charge on any atom is -0.465 e. The van der Waals surface area contributed by atoms with Gasteiger partial charge in [0.1, 0.15) is 5.69 Å². The molecule has 3 heterocycles. The Morgan fingerprint density at radius 3 is 2.28 bits per heavy atom. The van der Waals surface area contributed by atoms with Crippen molar-refractivity contribution in [2.75, 3.05) is 33.3 Å². The van der Waals surface area contributed by atoms with Gasteiger partial charge in [-0.1, -0.05) is 6.42 Å². The lowest BCUT2D eigenvalue weighted by atomic mass is 9.99. The molecule has 0 unspecified atom stereocenters. The van der Waals surface area contributed by atoms with Gasteiger partial charge in [0.05, 0.1) is 12.7 Å². The maximum atomic E-state index is 12.9. The van der Waals surface area contributed by atoms with E-state index in [1.807, 2.05) is 11.8 Å². The van der Waals surface area contributed by atoms with E-state index in [2.05, 4.69) is 9.88 Å². The van der Waals surface area contributed by atoms with Crippen molar-refractivity contribution in [3.8, 4) is 0 Å². The summed E-state index contributed by atoms with van der Waals surface area (Å²) >= 11 is 0. The van der Waals surface area contributed by atoms with Gasteiger partial charge >= 0.3 is 5.97 Å². The molecule has 0 atom stereocenters. The van der Waals surface area contributed by atoms with Crippen molar-refractivity contribution >= 4 is 11.9 Å². The Kier molecular flexibility index (Phi) is 5.47. The number of piperidine rings is 2. The predicted octanol–water partition coefficient (Wildman–Crippen LogP) is 2.51. The Bertz CT molecular complexity index is 639. The number of amides is 1. The highest BCUT2D eigenvalue weighted by Crippen LogP contribution is 2.24. The number of carbonyl (C=O) groups excluding carboxylic acids is 2. The average Bonchev–Trinajstić information content (AvgIpc) is 2.95. The topological polar surface area (TPSA) is 65.6 Å². The second kappa shape index (κ2) is 7.60. The van der Waals surface area contributed by atoms with Gasteiger partial charge in [0, 0.05) is 24.8 Å². The van der Waals surface area contributed by atoms with E-state index in [4.69, 9.17) is 4.74 Å². The fourth-order valence-corrected chi connectivity index (χ4v) is 4.25. The first-order valence-corrected chi connectivity index (χ1v) is 9.33. The summed E-state index contributed by atoms with van der Waals surface area (Å²) in [5.74, 6) is -0.401. The molecule has 2 aliphatic rings. The smallest absolute Gasteiger partial charge is 0.339 e. The minimum atomic E-state index is -0.394. The number of rotatable bonds is 3. The lowest BCUT2D eigenvalue weighted by Gasteiger charge is -2.40. The van der Waals surface area contributed by atoms with Crippen LogP contribution in [0.2, 0.25) is 0 Å². The maximum absolute atomic E-state index is 12.9. The van der Waals surface area contributed by atoms with Crippen LogP contribution in [0.3, 0.4) is 0 Å². The number of esters is 1. The minimum absolute atomic E-state index is 0.00662. The van der Waals surface area contributed by atoms with Crippen LogP contribution in [0.4, 0.5) is 0 Å². The van der Waals surface area contributed by atoms with Crippen molar-refractivity contribution < 1.29 is 14.3 Å². The monoisotopic (exact) mass is 347 g/mol. The Labute approximate surface area is 149 Å². The molecule has 1 aromatic rings. The normalized spacial score (nSPS) is 19.9. The van der Waals surface area contributed by atoms with Gasteiger partial charge in [0.25, 0.3) is 5.91 Å². The van der Waals surface area contributed by atoms with Crippen LogP contribution in [-0.4, -0.2) is 66.0 Å². The molecular weight excluding hydrogens is 318 g/mol. The predicted molar refractivity (Wildman–Crippen MR) is 96.0 cm³/mol. The number of carbonyl (C=O) groups is 2. The quantitative estimate of drug-likeness (QED) is 0.853. The summed E-state index contributed by atoms with van der Waals surface area (Å²) in [7, 11) is 1.36. The van der Waals surface area contributed by atoms with Gasteiger partial charge in [0.2, 0.25) is 0 Å². The van der Waals surface area contributed by atoms with E-state index in [9.17, 15) is 9.59 Å². The Morgan fingerprint density at radius 2 is 1.68 bits per heavy atom. The van der Waals surface area contributed by atoms with Crippen LogP contribution in [0.1, 0.15) is 64.2 Å². The Balaban J connectivity index is 1.66. The molecule has 2 fully saturated rings. The Hall–Kier alpha value is -1.82. The zero-order chi connectivity index (χ0) is 18.0. The number of H-pyrrole nitrogens is 1. The van der Waals surface area contributed by atoms with Crippen molar-refractivity contribution in [3.63, 3.8) is 0 Å². The summed E-state index contributed by atoms with van der Waals surface area (Å²) in [4.78, 5) is 32.4. The third-order valence-corrected chi connectivity index (χ3v) is 5.70. The van der Waals surface area contributed by atoms with Gasteiger partial charge in [0.15, 0.2) is 0 Å². The second-order valence-electron chi connectivity index (χ2n) is 7.24. The summed E-state index contributed by atoms with van der Waals surface area (Å²) in [6.45, 7) is 7.59. The molecule has 1 aromatic heterocycles. The first-order valence-electron chi connectivity index (χ1n) is 9.33. The molecule has 6 heteroatoms. The van der Waals surface area contributed by atoms with E-state index in [-0.39, 0.29) is 5.91 Å². The molecule has 1 N–H and O–H groups in total. The number of aryl methyl sites for hydroxylation is 1. The molecule has 3 rings (SSSR count). The van der Waals surface area contributed by atoms with E-state index in [0.717, 1.165) is 25.9 Å². The molecule has 2 aliphatic heterocycles. The second-order valence-corrected chi connectivity index (χ2v) is 7.24. The molecule has 0 aliphatic carbocycles. The van der Waals surface area contributed by atoms with Gasteiger partial charge in [-0.3, -0.25) is 4.79 Å². The summed E-state index contributed by atoms with van der Waals surface area (Å²) in [5.41, 5.74) is 2.38. The van der Waals surface area contributed by atoms with Gasteiger partial charge in [-0.25, -0.2) is 4.79 Å². The van der Waals surface area contributed by atoms with E-state index in [0.29, 0.717) is 28.6 Å². The molecule has 0 saturated carbocycles. The standard InChI is InChI=1S/C19H29N3O3/c1-13-16(19(24)25-3)14(2)20-17(13)18(23)22-11-7-15(8-12-22)21-9-5-4-6-10-21/h15,20H,4-12H2,1-3H3. The van der Waals surface area contributed by atoms with Crippen LogP contribution in [0, 0.1) is 13.8 Å². The lowest BCUT2D eigenvalue weighted by Crippen LogP contribution is -2.48. The van der Waals surface area contributed by atoms with Crippen LogP contribution in [0.5, 0.6) is 0 Å². The molecule has 2 saturated heterocycles. The summed E-state index contributed by atoms with van der Waals surface area (Å²) in [6.07, 6.45) is 6.03. The van der Waals surface area contributed by atoms with E-state index >= 15 is 0 Å². The van der Waals surface area contributed by atoms with Crippen molar-refractivity contribution in [2.45, 2.75) is 52.0 Å². The number of aromatic nitrogens is 1. The van der Waals surface area contributed by atoms with Crippen molar-refractivity contribution in [1.82, 2.24) is 14.8 Å². The molecular formula is C19H29N3O3. The van der Waals surface area contributed by atoms with Crippen LogP contribution < -0.4 is 0 Å². The number of methoxy groups -OCH3 is 1. The molecule has 6 nitrogen and oxygen atoms in total. The van der Waals surface area contributed by atoms with Gasteiger partial charge in [-0.2, -0.15) is 0 Å². The lowest BCUT2D eigenvalue weighted by molar-refractivity contribution is 0.0584. The first-order chi connectivity index (χ1) is 12.0. The Morgan fingerprint density at radius 1 is 1.04 bits per heavy atom. The molecule has 0 bridgehead atoms. The zero-order valence-corrected chi connectivity index (χ0v) is 15.6. The van der Waals surface area contributed by atoms with Crippen LogP contribution >= 0.6 is 0 Å². The molecule has 0 aromatic carbocycles. The highest BCUT2D eigenvalue weighted by Gasteiger charge is 2.30. The molecule has 138 valence electrons. The summed E-state index contributed by atoms with van der Waals surface area (Å²) < 4.78 is 4.83. The SMILES string of the molecule is COC(=O)c1c(C)[nH]c(C(=O)N2CCC(N3CCCCC3)CC2)c1C. The van der Waals surface area contributed by atoms with E-state index in [1.54, 1.807) is 6.92 Å². The first kappa shape index (κ1) is 18.0. The van der Waals surface area contributed by atoms with Gasteiger partial charge in [-0.15, -0.1) is 0 Å². The summed E-state index contributed by atoms with van der Waals surface area (Å²) in [6, 6.07) is 0.612. The van der Waals surface area contributed by atoms with Crippen molar-refractivity contribution in [2.24, 2.45) is 0 Å². The number of ether oxygens (including phenoxy) is 1. The number of aromatic amines is 1. The number of nitrogens with one attached hydrogen (secondary N) is 1. The van der Waals surface area contributed by atoms with Crippen LogP contribution in [0.15, 0.2) is 0 Å². The highest BCUT2D eigenvalue weighted by molar-refractivity contribution is 6.00. The molecule has 0 radical (unpaired) electrons. The number of nitrogens with zero attached hydrogens (tertiary/aromatic N) is 2. The molecule has 25 heavy (non-hydrogen) atoms. The third-order valence-electron chi connectivity index (χ3n) is 5.70. The molecule has 0 spiro atoms. The van der Waals surface area contributed by atoms with E-state index < -0.39 is 5.97 Å².